The van der Waals surface area contributed by atoms with Crippen LogP contribution in [0.4, 0.5) is 10.5 Å². The molecule has 5 rings (SSSR count). The summed E-state index contributed by atoms with van der Waals surface area (Å²) in [5.41, 5.74) is 1.89. The summed E-state index contributed by atoms with van der Waals surface area (Å²) in [4.78, 5) is 43.1. The lowest BCUT2D eigenvalue weighted by atomic mass is 9.80. The number of amides is 4. The predicted molar refractivity (Wildman–Crippen MR) is 106 cm³/mol. The third kappa shape index (κ3) is 2.35. The maximum absolute atomic E-state index is 13.3. The molecule has 1 fully saturated rings. The summed E-state index contributed by atoms with van der Waals surface area (Å²) >= 11 is 1.62. The minimum atomic E-state index is -1.00. The standard InChI is InChI=1S/C21H21N3O3S/c1-13-11-14-5-2-3-6-16(14)24(13)18(25)12-23-19(26)21(22-20(23)27)9-4-7-17-15(21)8-10-28-17/h2-3,5-6,8,10,13H,4,7,9,11-12H2,1H3,(H,22,27)/t13-,21+/m1/s1. The smallest absolute Gasteiger partial charge is 0.319 e. The number of rotatable bonds is 2. The van der Waals surface area contributed by atoms with Gasteiger partial charge in [0.1, 0.15) is 12.1 Å². The van der Waals surface area contributed by atoms with Crippen LogP contribution in [0.25, 0.3) is 0 Å². The first kappa shape index (κ1) is 17.4. The summed E-state index contributed by atoms with van der Waals surface area (Å²) in [7, 11) is 0. The van der Waals surface area contributed by atoms with Crippen LogP contribution in [0.5, 0.6) is 0 Å². The molecule has 0 saturated carbocycles. The first-order chi connectivity index (χ1) is 13.5. The molecule has 0 bridgehead atoms. The van der Waals surface area contributed by atoms with E-state index in [0.29, 0.717) is 6.42 Å². The van der Waals surface area contributed by atoms with E-state index in [-0.39, 0.29) is 24.4 Å². The molecule has 28 heavy (non-hydrogen) atoms. The van der Waals surface area contributed by atoms with Crippen molar-refractivity contribution in [1.82, 2.24) is 10.2 Å². The maximum Gasteiger partial charge on any atom is 0.325 e. The minimum Gasteiger partial charge on any atom is -0.319 e. The van der Waals surface area contributed by atoms with Gasteiger partial charge in [-0.3, -0.25) is 14.5 Å². The molecule has 1 spiro atoms. The Bertz CT molecular complexity index is 1000. The average Bonchev–Trinajstić information content (AvgIpc) is 3.34. The molecule has 1 aliphatic carbocycles. The van der Waals surface area contributed by atoms with Crippen LogP contribution in [0.1, 0.15) is 35.8 Å². The number of carbonyl (C=O) groups is 3. The molecule has 144 valence electrons. The van der Waals surface area contributed by atoms with Crippen LogP contribution in [-0.4, -0.2) is 35.3 Å². The van der Waals surface area contributed by atoms with E-state index in [1.54, 1.807) is 16.2 Å². The number of fused-ring (bicyclic) bond motifs is 3. The van der Waals surface area contributed by atoms with Gasteiger partial charge < -0.3 is 10.2 Å². The fourth-order valence-corrected chi connectivity index (χ4v) is 5.84. The van der Waals surface area contributed by atoms with Crippen molar-refractivity contribution >= 4 is 34.9 Å². The molecule has 2 aromatic rings. The van der Waals surface area contributed by atoms with E-state index in [1.165, 1.54) is 0 Å². The first-order valence-corrected chi connectivity index (χ1v) is 10.5. The highest BCUT2D eigenvalue weighted by Crippen LogP contribution is 2.42. The first-order valence-electron chi connectivity index (χ1n) is 9.62. The van der Waals surface area contributed by atoms with Crippen molar-refractivity contribution in [1.29, 1.82) is 0 Å². The number of thiophene rings is 1. The molecule has 6 nitrogen and oxygen atoms in total. The zero-order valence-corrected chi connectivity index (χ0v) is 16.4. The summed E-state index contributed by atoms with van der Waals surface area (Å²) in [5, 5.41) is 4.88. The largest absolute Gasteiger partial charge is 0.325 e. The van der Waals surface area contributed by atoms with Crippen molar-refractivity contribution in [3.63, 3.8) is 0 Å². The Labute approximate surface area is 167 Å². The summed E-state index contributed by atoms with van der Waals surface area (Å²) in [5.74, 6) is -0.523. The van der Waals surface area contributed by atoms with Crippen molar-refractivity contribution in [3.05, 3.63) is 51.7 Å². The molecule has 1 N–H and O–H groups in total. The van der Waals surface area contributed by atoms with Gasteiger partial charge in [-0.25, -0.2) is 4.79 Å². The normalized spacial score (nSPS) is 25.8. The third-order valence-corrected chi connectivity index (χ3v) is 7.09. The van der Waals surface area contributed by atoms with Gasteiger partial charge in [0.05, 0.1) is 0 Å². The van der Waals surface area contributed by atoms with E-state index in [1.807, 2.05) is 42.6 Å². The Kier molecular flexibility index (Phi) is 3.84. The summed E-state index contributed by atoms with van der Waals surface area (Å²) < 4.78 is 0. The molecule has 0 radical (unpaired) electrons. The molecule has 2 atom stereocenters. The highest BCUT2D eigenvalue weighted by molar-refractivity contribution is 7.10. The van der Waals surface area contributed by atoms with Crippen molar-refractivity contribution in [3.8, 4) is 0 Å². The molecule has 7 heteroatoms. The number of nitrogens with zero attached hydrogens (tertiary/aromatic N) is 2. The second-order valence-corrected chi connectivity index (χ2v) is 8.78. The third-order valence-electron chi connectivity index (χ3n) is 6.11. The molecule has 1 aromatic heterocycles. The number of benzene rings is 1. The minimum absolute atomic E-state index is 0.0118. The molecule has 2 aliphatic heterocycles. The molecule has 3 aliphatic rings. The molecule has 3 heterocycles. The number of hydrogen-bond acceptors (Lipinski definition) is 4. The number of anilines is 1. The fraction of sp³-hybridized carbons (Fsp3) is 0.381. The summed E-state index contributed by atoms with van der Waals surface area (Å²) in [6.07, 6.45) is 3.13. The summed E-state index contributed by atoms with van der Waals surface area (Å²) in [6, 6.07) is 9.27. The number of para-hydroxylation sites is 1. The van der Waals surface area contributed by atoms with Crippen LogP contribution in [-0.2, 0) is 28.0 Å². The van der Waals surface area contributed by atoms with Gasteiger partial charge in [0, 0.05) is 22.2 Å². The number of aryl methyl sites for hydroxylation is 1. The van der Waals surface area contributed by atoms with Crippen molar-refractivity contribution < 1.29 is 14.4 Å². The Morgan fingerprint density at radius 3 is 2.96 bits per heavy atom. The van der Waals surface area contributed by atoms with Gasteiger partial charge in [0.25, 0.3) is 5.91 Å². The predicted octanol–water partition coefficient (Wildman–Crippen LogP) is 2.81. The van der Waals surface area contributed by atoms with E-state index in [0.717, 1.165) is 45.9 Å². The van der Waals surface area contributed by atoms with Crippen LogP contribution in [0.15, 0.2) is 35.7 Å². The van der Waals surface area contributed by atoms with Gasteiger partial charge in [0.15, 0.2) is 0 Å². The second kappa shape index (κ2) is 6.17. The summed E-state index contributed by atoms with van der Waals surface area (Å²) in [6.45, 7) is 1.76. The van der Waals surface area contributed by atoms with Crippen LogP contribution in [0, 0.1) is 0 Å². The molecular formula is C21H21N3O3S. The van der Waals surface area contributed by atoms with Gasteiger partial charge in [-0.15, -0.1) is 11.3 Å². The van der Waals surface area contributed by atoms with Crippen LogP contribution >= 0.6 is 11.3 Å². The van der Waals surface area contributed by atoms with Crippen LogP contribution in [0.3, 0.4) is 0 Å². The molecule has 1 saturated heterocycles. The van der Waals surface area contributed by atoms with E-state index in [2.05, 4.69) is 5.32 Å². The number of nitrogens with one attached hydrogen (secondary N) is 1. The number of carbonyl (C=O) groups excluding carboxylic acids is 3. The Hall–Kier alpha value is -2.67. The van der Waals surface area contributed by atoms with E-state index in [4.69, 9.17) is 0 Å². The van der Waals surface area contributed by atoms with Gasteiger partial charge >= 0.3 is 6.03 Å². The molecule has 1 aromatic carbocycles. The Balaban J connectivity index is 1.42. The van der Waals surface area contributed by atoms with Crippen LogP contribution < -0.4 is 10.2 Å². The van der Waals surface area contributed by atoms with Crippen LogP contribution in [0.2, 0.25) is 0 Å². The topological polar surface area (TPSA) is 69.7 Å². The zero-order valence-electron chi connectivity index (χ0n) is 15.6. The average molecular weight is 395 g/mol. The second-order valence-electron chi connectivity index (χ2n) is 7.78. The highest BCUT2D eigenvalue weighted by Gasteiger charge is 2.55. The number of imide groups is 1. The lowest BCUT2D eigenvalue weighted by Gasteiger charge is -2.31. The zero-order chi connectivity index (χ0) is 19.5. The van der Waals surface area contributed by atoms with Gasteiger partial charge in [0.2, 0.25) is 5.91 Å². The Morgan fingerprint density at radius 2 is 2.11 bits per heavy atom. The lowest BCUT2D eigenvalue weighted by molar-refractivity contribution is -0.135. The quantitative estimate of drug-likeness (QED) is 0.795. The Morgan fingerprint density at radius 1 is 1.29 bits per heavy atom. The van der Waals surface area contributed by atoms with E-state index < -0.39 is 11.6 Å². The van der Waals surface area contributed by atoms with Crippen molar-refractivity contribution in [2.24, 2.45) is 0 Å². The lowest BCUT2D eigenvalue weighted by Crippen LogP contribution is -2.48. The molecule has 0 unspecified atom stereocenters. The van der Waals surface area contributed by atoms with E-state index in [9.17, 15) is 14.4 Å². The van der Waals surface area contributed by atoms with Crippen molar-refractivity contribution in [2.75, 3.05) is 11.4 Å². The van der Waals surface area contributed by atoms with Gasteiger partial charge in [-0.1, -0.05) is 18.2 Å². The number of urea groups is 1. The van der Waals surface area contributed by atoms with Gasteiger partial charge in [-0.05, 0) is 55.7 Å². The maximum atomic E-state index is 13.3. The van der Waals surface area contributed by atoms with Crippen molar-refractivity contribution in [2.45, 2.75) is 44.2 Å². The molecule has 4 amide bonds. The highest BCUT2D eigenvalue weighted by atomic mass is 32.1. The monoisotopic (exact) mass is 395 g/mol. The fourth-order valence-electron chi connectivity index (χ4n) is 4.84. The SMILES string of the molecule is C[C@@H]1Cc2ccccc2N1C(=O)CN1C(=O)N[C@]2(CCCc3sccc32)C1=O. The van der Waals surface area contributed by atoms with Gasteiger partial charge in [-0.2, -0.15) is 0 Å². The number of hydrogen-bond donors (Lipinski definition) is 1. The van der Waals surface area contributed by atoms with E-state index >= 15 is 0 Å². The molecular weight excluding hydrogens is 374 g/mol.